The summed E-state index contributed by atoms with van der Waals surface area (Å²) < 4.78 is 0. The van der Waals surface area contributed by atoms with Crippen LogP contribution >= 0.6 is 11.8 Å². The molecule has 0 aliphatic heterocycles. The van der Waals surface area contributed by atoms with Crippen LogP contribution in [0.1, 0.15) is 19.8 Å². The molecule has 0 spiro atoms. The van der Waals surface area contributed by atoms with Crippen molar-refractivity contribution in [1.82, 2.24) is 10.6 Å². The van der Waals surface area contributed by atoms with Crippen LogP contribution in [0.3, 0.4) is 0 Å². The minimum atomic E-state index is -0.978. The minimum absolute atomic E-state index is 0.377. The Morgan fingerprint density at radius 1 is 1.53 bits per heavy atom. The fraction of sp³-hybridized carbons (Fsp3) is 0.818. The van der Waals surface area contributed by atoms with Gasteiger partial charge in [-0.3, -0.25) is 0 Å². The molecule has 0 aromatic carbocycles. The van der Waals surface area contributed by atoms with Gasteiger partial charge in [-0.15, -0.1) is 0 Å². The van der Waals surface area contributed by atoms with Gasteiger partial charge in [0.05, 0.1) is 0 Å². The summed E-state index contributed by atoms with van der Waals surface area (Å²) in [6.45, 7) is 2.78. The Morgan fingerprint density at radius 2 is 2.18 bits per heavy atom. The van der Waals surface area contributed by atoms with Crippen molar-refractivity contribution < 1.29 is 14.7 Å². The Hall–Kier alpha value is -0.910. The molecule has 0 aromatic heterocycles. The number of hydrogen-bond donors (Lipinski definition) is 3. The van der Waals surface area contributed by atoms with E-state index >= 15 is 0 Å². The maximum Gasteiger partial charge on any atom is 0.326 e. The third kappa shape index (κ3) is 5.30. The lowest BCUT2D eigenvalue weighted by Gasteiger charge is -2.14. The summed E-state index contributed by atoms with van der Waals surface area (Å²) in [6, 6.07) is -1.17. The molecule has 0 heterocycles. The Morgan fingerprint density at radius 3 is 2.65 bits per heavy atom. The normalized spacial score (nSPS) is 23.9. The molecule has 0 saturated heterocycles. The molecule has 0 radical (unpaired) electrons. The van der Waals surface area contributed by atoms with Gasteiger partial charge in [-0.25, -0.2) is 9.59 Å². The Kier molecular flexibility index (Phi) is 5.61. The zero-order chi connectivity index (χ0) is 12.8. The number of urea groups is 1. The minimum Gasteiger partial charge on any atom is -0.480 e. The molecule has 3 N–H and O–H groups in total. The molecule has 1 fully saturated rings. The quantitative estimate of drug-likeness (QED) is 0.641. The second-order valence-electron chi connectivity index (χ2n) is 4.50. The van der Waals surface area contributed by atoms with Crippen LogP contribution in [-0.2, 0) is 4.79 Å². The number of hydrogen-bond acceptors (Lipinski definition) is 3. The van der Waals surface area contributed by atoms with Crippen molar-refractivity contribution in [2.75, 3.05) is 18.6 Å². The lowest BCUT2D eigenvalue weighted by atomic mass is 10.2. The van der Waals surface area contributed by atoms with Gasteiger partial charge in [0.2, 0.25) is 0 Å². The fourth-order valence-corrected chi connectivity index (χ4v) is 2.08. The molecule has 3 unspecified atom stereocenters. The smallest absolute Gasteiger partial charge is 0.326 e. The molecule has 1 saturated carbocycles. The van der Waals surface area contributed by atoms with Gasteiger partial charge in [0.25, 0.3) is 0 Å². The third-order valence-electron chi connectivity index (χ3n) is 3.02. The summed E-state index contributed by atoms with van der Waals surface area (Å²) in [4.78, 5) is 22.4. The van der Waals surface area contributed by atoms with E-state index in [9.17, 15) is 9.59 Å². The van der Waals surface area contributed by atoms with Crippen LogP contribution in [0.2, 0.25) is 0 Å². The van der Waals surface area contributed by atoms with Crippen LogP contribution in [0, 0.1) is 11.8 Å². The van der Waals surface area contributed by atoms with Crippen LogP contribution in [0.4, 0.5) is 4.79 Å². The molecule has 0 bridgehead atoms. The van der Waals surface area contributed by atoms with E-state index in [1.165, 1.54) is 0 Å². The lowest BCUT2D eigenvalue weighted by Crippen LogP contribution is -2.46. The van der Waals surface area contributed by atoms with E-state index in [2.05, 4.69) is 17.6 Å². The van der Waals surface area contributed by atoms with Gasteiger partial charge >= 0.3 is 12.0 Å². The predicted octanol–water partition coefficient (Wildman–Crippen LogP) is 1.15. The van der Waals surface area contributed by atoms with Gasteiger partial charge in [-0.1, -0.05) is 6.92 Å². The molecule has 1 aliphatic carbocycles. The molecule has 1 rings (SSSR count). The lowest BCUT2D eigenvalue weighted by molar-refractivity contribution is -0.139. The van der Waals surface area contributed by atoms with E-state index in [0.717, 1.165) is 12.2 Å². The van der Waals surface area contributed by atoms with Gasteiger partial charge in [-0.2, -0.15) is 11.8 Å². The van der Waals surface area contributed by atoms with Crippen molar-refractivity contribution in [1.29, 1.82) is 0 Å². The number of amides is 2. The van der Waals surface area contributed by atoms with Crippen LogP contribution in [0.15, 0.2) is 0 Å². The molecule has 2 amide bonds. The standard InChI is InChI=1S/C11H20N2O3S/c1-7-5-8(7)6-12-11(16)13-9(10(14)15)3-4-17-2/h7-9H,3-6H2,1-2H3,(H,14,15)(H2,12,13,16). The molecule has 6 heteroatoms. The summed E-state index contributed by atoms with van der Waals surface area (Å²) in [6.07, 6.45) is 3.51. The number of carboxylic acids is 1. The largest absolute Gasteiger partial charge is 0.480 e. The van der Waals surface area contributed by atoms with Gasteiger partial charge in [0, 0.05) is 6.54 Å². The first-order chi connectivity index (χ1) is 8.04. The van der Waals surface area contributed by atoms with Gasteiger partial charge in [-0.05, 0) is 36.7 Å². The predicted molar refractivity (Wildman–Crippen MR) is 68.2 cm³/mol. The zero-order valence-corrected chi connectivity index (χ0v) is 11.0. The van der Waals surface area contributed by atoms with Gasteiger partial charge < -0.3 is 15.7 Å². The average molecular weight is 260 g/mol. The van der Waals surface area contributed by atoms with Crippen molar-refractivity contribution in [3.63, 3.8) is 0 Å². The van der Waals surface area contributed by atoms with Crippen LogP contribution in [0.5, 0.6) is 0 Å². The first-order valence-corrected chi connectivity index (χ1v) is 7.20. The number of nitrogens with one attached hydrogen (secondary N) is 2. The maximum atomic E-state index is 11.5. The van der Waals surface area contributed by atoms with E-state index in [0.29, 0.717) is 24.8 Å². The Labute approximate surface area is 106 Å². The molecule has 0 aromatic rings. The van der Waals surface area contributed by atoms with Crippen molar-refractivity contribution in [2.45, 2.75) is 25.8 Å². The zero-order valence-electron chi connectivity index (χ0n) is 10.2. The first-order valence-electron chi connectivity index (χ1n) is 5.80. The number of carbonyl (C=O) groups is 2. The van der Waals surface area contributed by atoms with Crippen molar-refractivity contribution in [3.8, 4) is 0 Å². The summed E-state index contributed by atoms with van der Waals surface area (Å²) in [7, 11) is 0. The van der Waals surface area contributed by atoms with Crippen molar-refractivity contribution in [3.05, 3.63) is 0 Å². The average Bonchev–Trinajstić information content (AvgIpc) is 2.97. The number of carboxylic acid groups (broad SMARTS) is 1. The van der Waals surface area contributed by atoms with Gasteiger partial charge in [0.15, 0.2) is 0 Å². The number of carbonyl (C=O) groups excluding carboxylic acids is 1. The molecular formula is C11H20N2O3S. The highest BCUT2D eigenvalue weighted by Crippen LogP contribution is 2.36. The summed E-state index contributed by atoms with van der Waals surface area (Å²) in [5, 5.41) is 14.1. The second-order valence-corrected chi connectivity index (χ2v) is 5.49. The van der Waals surface area contributed by atoms with Gasteiger partial charge in [0.1, 0.15) is 6.04 Å². The van der Waals surface area contributed by atoms with Crippen LogP contribution < -0.4 is 10.6 Å². The third-order valence-corrected chi connectivity index (χ3v) is 3.66. The van der Waals surface area contributed by atoms with E-state index in [4.69, 9.17) is 5.11 Å². The molecule has 3 atom stereocenters. The van der Waals surface area contributed by atoms with E-state index in [1.54, 1.807) is 11.8 Å². The highest BCUT2D eigenvalue weighted by molar-refractivity contribution is 7.98. The Balaban J connectivity index is 2.22. The maximum absolute atomic E-state index is 11.5. The van der Waals surface area contributed by atoms with E-state index in [1.807, 2.05) is 6.26 Å². The fourth-order valence-electron chi connectivity index (χ4n) is 1.61. The number of rotatable bonds is 7. The summed E-state index contributed by atoms with van der Waals surface area (Å²) in [5.74, 6) is 0.989. The summed E-state index contributed by atoms with van der Waals surface area (Å²) >= 11 is 1.57. The number of thioether (sulfide) groups is 1. The molecule has 1 aliphatic rings. The monoisotopic (exact) mass is 260 g/mol. The van der Waals surface area contributed by atoms with E-state index < -0.39 is 12.0 Å². The van der Waals surface area contributed by atoms with Crippen LogP contribution in [0.25, 0.3) is 0 Å². The molecule has 98 valence electrons. The summed E-state index contributed by atoms with van der Waals surface area (Å²) in [5.41, 5.74) is 0. The van der Waals surface area contributed by atoms with Crippen molar-refractivity contribution >= 4 is 23.8 Å². The van der Waals surface area contributed by atoms with Crippen molar-refractivity contribution in [2.24, 2.45) is 11.8 Å². The highest BCUT2D eigenvalue weighted by atomic mass is 32.2. The SMILES string of the molecule is CSCCC(NC(=O)NCC1CC1C)C(=O)O. The molecule has 5 nitrogen and oxygen atoms in total. The first kappa shape index (κ1) is 14.2. The number of aliphatic carboxylic acids is 1. The second kappa shape index (κ2) is 6.74. The highest BCUT2D eigenvalue weighted by Gasteiger charge is 2.32. The Bertz CT molecular complexity index is 286. The molecular weight excluding hydrogens is 240 g/mol. The van der Waals surface area contributed by atoms with Crippen LogP contribution in [-0.4, -0.2) is 41.7 Å². The molecule has 17 heavy (non-hydrogen) atoms. The van der Waals surface area contributed by atoms with E-state index in [-0.39, 0.29) is 6.03 Å². The topological polar surface area (TPSA) is 78.4 Å².